The minimum atomic E-state index is -0.471. The van der Waals surface area contributed by atoms with Crippen molar-refractivity contribution in [2.45, 2.75) is 6.92 Å². The summed E-state index contributed by atoms with van der Waals surface area (Å²) >= 11 is 9.75. The molecular formula is C22H17BrClN5O2. The molecule has 9 heteroatoms. The number of pyridine rings is 1. The fourth-order valence-electron chi connectivity index (χ4n) is 3.39. The van der Waals surface area contributed by atoms with E-state index in [0.717, 1.165) is 15.6 Å². The normalized spacial score (nSPS) is 10.8. The summed E-state index contributed by atoms with van der Waals surface area (Å²) in [6.07, 6.45) is 5.01. The van der Waals surface area contributed by atoms with Crippen LogP contribution in [0.5, 0.6) is 0 Å². The molecule has 0 saturated carbocycles. The number of nitrogens with one attached hydrogen (secondary N) is 2. The van der Waals surface area contributed by atoms with Gasteiger partial charge in [-0.1, -0.05) is 27.5 Å². The van der Waals surface area contributed by atoms with Gasteiger partial charge >= 0.3 is 0 Å². The first kappa shape index (κ1) is 21.0. The van der Waals surface area contributed by atoms with Crippen LogP contribution in [0.15, 0.2) is 59.5 Å². The van der Waals surface area contributed by atoms with Gasteiger partial charge in [-0.2, -0.15) is 0 Å². The van der Waals surface area contributed by atoms with Crippen LogP contribution in [-0.4, -0.2) is 33.2 Å². The van der Waals surface area contributed by atoms with Gasteiger partial charge in [0.1, 0.15) is 5.15 Å². The Labute approximate surface area is 191 Å². The Morgan fingerprint density at radius 2 is 1.94 bits per heavy atom. The molecule has 156 valence electrons. The van der Waals surface area contributed by atoms with Crippen LogP contribution >= 0.6 is 27.5 Å². The number of anilines is 1. The second-order valence-corrected chi connectivity index (χ2v) is 8.05. The van der Waals surface area contributed by atoms with Crippen LogP contribution in [0.4, 0.5) is 5.69 Å². The summed E-state index contributed by atoms with van der Waals surface area (Å²) in [5.41, 5.74) is 3.51. The molecule has 31 heavy (non-hydrogen) atoms. The molecule has 2 N–H and O–H groups in total. The van der Waals surface area contributed by atoms with E-state index in [1.807, 2.05) is 35.7 Å². The monoisotopic (exact) mass is 497 g/mol. The van der Waals surface area contributed by atoms with Crippen molar-refractivity contribution in [1.29, 1.82) is 0 Å². The molecule has 0 aliphatic rings. The number of hydrogen-bond acceptors (Lipinski definition) is 4. The summed E-state index contributed by atoms with van der Waals surface area (Å²) in [5.74, 6) is -0.787. The Kier molecular flexibility index (Phi) is 5.75. The number of rotatable bonds is 4. The van der Waals surface area contributed by atoms with E-state index in [1.165, 1.54) is 7.05 Å². The summed E-state index contributed by atoms with van der Waals surface area (Å²) in [6, 6.07) is 10.7. The minimum Gasteiger partial charge on any atom is -0.355 e. The highest BCUT2D eigenvalue weighted by Crippen LogP contribution is 2.31. The van der Waals surface area contributed by atoms with E-state index in [0.29, 0.717) is 22.5 Å². The lowest BCUT2D eigenvalue weighted by Crippen LogP contribution is -2.23. The predicted molar refractivity (Wildman–Crippen MR) is 124 cm³/mol. The number of amides is 2. The number of benzene rings is 1. The van der Waals surface area contributed by atoms with Crippen molar-refractivity contribution in [3.05, 3.63) is 81.4 Å². The maximum absolute atomic E-state index is 13.4. The number of aryl methyl sites for hydroxylation is 1. The molecule has 4 rings (SSSR count). The molecule has 0 spiro atoms. The number of carbonyl (C=O) groups is 2. The fraction of sp³-hybridized carbons (Fsp3) is 0.0909. The predicted octanol–water partition coefficient (Wildman–Crippen LogP) is 4.73. The number of halogens is 2. The molecule has 0 aliphatic carbocycles. The van der Waals surface area contributed by atoms with Gasteiger partial charge in [0.25, 0.3) is 11.8 Å². The van der Waals surface area contributed by atoms with Crippen LogP contribution in [0, 0.1) is 6.92 Å². The lowest BCUT2D eigenvalue weighted by molar-refractivity contribution is 0.0964. The Bertz CT molecular complexity index is 1330. The zero-order chi connectivity index (χ0) is 22.1. The number of nitrogens with zero attached hydrogens (tertiary/aromatic N) is 3. The highest BCUT2D eigenvalue weighted by atomic mass is 79.9. The summed E-state index contributed by atoms with van der Waals surface area (Å²) in [4.78, 5) is 34.3. The van der Waals surface area contributed by atoms with Crippen molar-refractivity contribution in [3.63, 3.8) is 0 Å². The quantitative estimate of drug-likeness (QED) is 0.398. The Morgan fingerprint density at radius 1 is 1.13 bits per heavy atom. The van der Waals surface area contributed by atoms with Crippen LogP contribution in [-0.2, 0) is 0 Å². The van der Waals surface area contributed by atoms with Gasteiger partial charge in [0.2, 0.25) is 0 Å². The third-order valence-electron chi connectivity index (χ3n) is 4.81. The molecule has 0 saturated heterocycles. The molecule has 0 bridgehead atoms. The zero-order valence-electron chi connectivity index (χ0n) is 16.6. The molecule has 0 radical (unpaired) electrons. The Hall–Kier alpha value is -3.23. The number of hydrogen-bond donors (Lipinski definition) is 2. The lowest BCUT2D eigenvalue weighted by Gasteiger charge is -2.16. The van der Waals surface area contributed by atoms with Crippen molar-refractivity contribution in [1.82, 2.24) is 19.7 Å². The van der Waals surface area contributed by atoms with Gasteiger partial charge in [0, 0.05) is 29.5 Å². The molecule has 3 aromatic heterocycles. The molecule has 3 heterocycles. The van der Waals surface area contributed by atoms with Crippen molar-refractivity contribution < 1.29 is 9.59 Å². The van der Waals surface area contributed by atoms with E-state index in [2.05, 4.69) is 36.5 Å². The van der Waals surface area contributed by atoms with Crippen molar-refractivity contribution >= 4 is 50.5 Å². The van der Waals surface area contributed by atoms with Crippen LogP contribution in [0.2, 0.25) is 5.15 Å². The smallest absolute Gasteiger partial charge is 0.276 e. The third kappa shape index (κ3) is 3.92. The SMILES string of the molecule is CNC(=O)c1cc(Br)cc(C)c1NC(=O)c1ncc2cccn2c1-c1cccnc1Cl. The first-order valence-corrected chi connectivity index (χ1v) is 10.5. The average Bonchev–Trinajstić information content (AvgIpc) is 3.23. The van der Waals surface area contributed by atoms with E-state index in [-0.39, 0.29) is 16.8 Å². The average molecular weight is 499 g/mol. The molecule has 0 fully saturated rings. The summed E-state index contributed by atoms with van der Waals surface area (Å²) in [6.45, 7) is 1.81. The third-order valence-corrected chi connectivity index (χ3v) is 5.57. The van der Waals surface area contributed by atoms with Gasteiger partial charge in [-0.05, 0) is 48.9 Å². The summed E-state index contributed by atoms with van der Waals surface area (Å²) in [5, 5.41) is 5.72. The minimum absolute atomic E-state index is 0.156. The van der Waals surface area contributed by atoms with E-state index in [9.17, 15) is 9.59 Å². The topological polar surface area (TPSA) is 88.4 Å². The molecule has 2 amide bonds. The van der Waals surface area contributed by atoms with Gasteiger partial charge in [-0.25, -0.2) is 9.97 Å². The van der Waals surface area contributed by atoms with Crippen molar-refractivity contribution in [2.75, 3.05) is 12.4 Å². The molecule has 0 aliphatic heterocycles. The first-order valence-electron chi connectivity index (χ1n) is 9.31. The fourth-order valence-corrected chi connectivity index (χ4v) is 4.17. The van der Waals surface area contributed by atoms with E-state index in [1.54, 1.807) is 30.6 Å². The maximum Gasteiger partial charge on any atom is 0.276 e. The highest BCUT2D eigenvalue weighted by Gasteiger charge is 2.23. The second kappa shape index (κ2) is 8.49. The molecule has 0 atom stereocenters. The molecule has 7 nitrogen and oxygen atoms in total. The van der Waals surface area contributed by atoms with Gasteiger partial charge < -0.3 is 15.0 Å². The Balaban J connectivity index is 1.87. The number of aromatic nitrogens is 3. The van der Waals surface area contributed by atoms with Crippen LogP contribution in [0.1, 0.15) is 26.4 Å². The van der Waals surface area contributed by atoms with E-state index in [4.69, 9.17) is 11.6 Å². The number of fused-ring (bicyclic) bond motifs is 1. The van der Waals surface area contributed by atoms with Crippen LogP contribution in [0.3, 0.4) is 0 Å². The van der Waals surface area contributed by atoms with Crippen molar-refractivity contribution in [2.24, 2.45) is 0 Å². The van der Waals surface area contributed by atoms with Crippen LogP contribution in [0.25, 0.3) is 16.8 Å². The van der Waals surface area contributed by atoms with Crippen LogP contribution < -0.4 is 10.6 Å². The Morgan fingerprint density at radius 3 is 2.68 bits per heavy atom. The molecular weight excluding hydrogens is 482 g/mol. The molecule has 4 aromatic rings. The van der Waals surface area contributed by atoms with E-state index >= 15 is 0 Å². The second-order valence-electron chi connectivity index (χ2n) is 6.78. The molecule has 0 unspecified atom stereocenters. The largest absolute Gasteiger partial charge is 0.355 e. The first-order chi connectivity index (χ1) is 14.9. The number of carbonyl (C=O) groups excluding carboxylic acids is 2. The van der Waals surface area contributed by atoms with Gasteiger partial charge in [-0.15, -0.1) is 0 Å². The van der Waals surface area contributed by atoms with Crippen molar-refractivity contribution in [3.8, 4) is 11.3 Å². The maximum atomic E-state index is 13.4. The van der Waals surface area contributed by atoms with Gasteiger partial charge in [0.05, 0.1) is 28.7 Å². The standard InChI is InChI=1S/C22H17BrClN5O2/c1-12-9-13(23)10-16(21(30)25-2)17(12)28-22(31)18-19(15-6-3-7-26-20(15)24)29-8-4-5-14(29)11-27-18/h3-11H,1-2H3,(H,25,30)(H,28,31). The summed E-state index contributed by atoms with van der Waals surface area (Å²) < 4.78 is 2.56. The lowest BCUT2D eigenvalue weighted by atomic mass is 10.1. The molecule has 1 aromatic carbocycles. The van der Waals surface area contributed by atoms with E-state index < -0.39 is 5.91 Å². The highest BCUT2D eigenvalue weighted by molar-refractivity contribution is 9.10. The van der Waals surface area contributed by atoms with Gasteiger partial charge in [0.15, 0.2) is 5.69 Å². The summed E-state index contributed by atoms with van der Waals surface area (Å²) in [7, 11) is 1.54. The zero-order valence-corrected chi connectivity index (χ0v) is 19.0. The van der Waals surface area contributed by atoms with Gasteiger partial charge in [-0.3, -0.25) is 9.59 Å².